The van der Waals surface area contributed by atoms with E-state index in [2.05, 4.69) is 38.0 Å². The van der Waals surface area contributed by atoms with Crippen LogP contribution in [0.4, 0.5) is 0 Å². The van der Waals surface area contributed by atoms with Crippen molar-refractivity contribution in [1.82, 2.24) is 10.2 Å². The zero-order chi connectivity index (χ0) is 12.7. The average molecular weight is 238 g/mol. The molecule has 0 aromatic carbocycles. The van der Waals surface area contributed by atoms with E-state index in [1.54, 1.807) is 5.70 Å². The Hall–Kier alpha value is -0.660. The van der Waals surface area contributed by atoms with Crippen LogP contribution in [0.3, 0.4) is 0 Å². The Balaban J connectivity index is 2.50. The highest BCUT2D eigenvalue weighted by Crippen LogP contribution is 2.26. The van der Waals surface area contributed by atoms with Crippen molar-refractivity contribution in [3.8, 4) is 0 Å². The molecule has 0 saturated heterocycles. The Kier molecular flexibility index (Phi) is 6.46. The lowest BCUT2D eigenvalue weighted by molar-refractivity contribution is 0.321. The summed E-state index contributed by atoms with van der Waals surface area (Å²) in [5, 5.41) is 3.65. The van der Waals surface area contributed by atoms with Crippen molar-refractivity contribution in [3.63, 3.8) is 0 Å². The zero-order valence-corrected chi connectivity index (χ0v) is 12.2. The molecule has 1 unspecified atom stereocenters. The minimum absolute atomic E-state index is 0.489. The molecule has 0 aromatic rings. The number of hydrogen-bond acceptors (Lipinski definition) is 2. The molecule has 0 bridgehead atoms. The van der Waals surface area contributed by atoms with Crippen LogP contribution in [0.2, 0.25) is 0 Å². The highest BCUT2D eigenvalue weighted by molar-refractivity contribution is 5.18. The van der Waals surface area contributed by atoms with Crippen LogP contribution in [-0.2, 0) is 0 Å². The van der Waals surface area contributed by atoms with E-state index < -0.39 is 0 Å². The molecule has 0 aromatic heterocycles. The molecule has 1 N–H and O–H groups in total. The van der Waals surface area contributed by atoms with E-state index in [9.17, 15) is 0 Å². The standard InChI is InChI=1S/C15H30N2/c1-5-7-9-11-14-15(12-10-8-6-2)17(4)13(3)16-14/h13,16H,5-12H2,1-4H3. The maximum absolute atomic E-state index is 3.65. The van der Waals surface area contributed by atoms with Gasteiger partial charge in [-0.25, -0.2) is 0 Å². The van der Waals surface area contributed by atoms with E-state index in [1.807, 2.05) is 0 Å². The lowest BCUT2D eigenvalue weighted by Crippen LogP contribution is -2.31. The van der Waals surface area contributed by atoms with Gasteiger partial charge in [-0.15, -0.1) is 0 Å². The van der Waals surface area contributed by atoms with E-state index in [-0.39, 0.29) is 0 Å². The topological polar surface area (TPSA) is 15.3 Å². The average Bonchev–Trinajstić information content (AvgIpc) is 2.57. The van der Waals surface area contributed by atoms with E-state index in [4.69, 9.17) is 0 Å². The molecule has 1 rings (SSSR count). The lowest BCUT2D eigenvalue weighted by atomic mass is 10.1. The molecule has 0 fully saturated rings. The molecule has 2 nitrogen and oxygen atoms in total. The van der Waals surface area contributed by atoms with E-state index in [0.717, 1.165) is 0 Å². The van der Waals surface area contributed by atoms with Gasteiger partial charge < -0.3 is 10.2 Å². The molecular weight excluding hydrogens is 208 g/mol. The van der Waals surface area contributed by atoms with Crippen molar-refractivity contribution in [3.05, 3.63) is 11.4 Å². The molecule has 1 aliphatic heterocycles. The predicted molar refractivity (Wildman–Crippen MR) is 75.7 cm³/mol. The summed E-state index contributed by atoms with van der Waals surface area (Å²) in [6.45, 7) is 6.80. The molecule has 0 radical (unpaired) electrons. The van der Waals surface area contributed by atoms with E-state index >= 15 is 0 Å². The van der Waals surface area contributed by atoms with Crippen molar-refractivity contribution in [2.45, 2.75) is 78.3 Å². The van der Waals surface area contributed by atoms with Crippen molar-refractivity contribution >= 4 is 0 Å². The molecule has 0 saturated carbocycles. The normalized spacial score (nSPS) is 20.0. The summed E-state index contributed by atoms with van der Waals surface area (Å²) in [6.07, 6.45) is 11.0. The van der Waals surface area contributed by atoms with Crippen molar-refractivity contribution in [1.29, 1.82) is 0 Å². The van der Waals surface area contributed by atoms with Crippen molar-refractivity contribution in [2.24, 2.45) is 0 Å². The predicted octanol–water partition coefficient (Wildman–Crippen LogP) is 4.24. The Morgan fingerprint density at radius 3 is 2.18 bits per heavy atom. The van der Waals surface area contributed by atoms with Gasteiger partial charge in [0.05, 0.1) is 6.17 Å². The third-order valence-corrected chi connectivity index (χ3v) is 3.79. The maximum Gasteiger partial charge on any atom is 0.0953 e. The summed E-state index contributed by atoms with van der Waals surface area (Å²) in [7, 11) is 2.23. The zero-order valence-electron chi connectivity index (χ0n) is 12.2. The summed E-state index contributed by atoms with van der Waals surface area (Å²) in [4.78, 5) is 2.43. The second-order valence-electron chi connectivity index (χ2n) is 5.27. The number of rotatable bonds is 8. The van der Waals surface area contributed by atoms with Crippen LogP contribution in [0.15, 0.2) is 11.4 Å². The SMILES string of the molecule is CCCCCC1=C(CCCCC)N(C)C(C)N1. The molecule has 0 amide bonds. The first-order chi connectivity index (χ1) is 8.20. The van der Waals surface area contributed by atoms with Gasteiger partial charge in [0.2, 0.25) is 0 Å². The fourth-order valence-corrected chi connectivity index (χ4v) is 2.52. The van der Waals surface area contributed by atoms with Crippen LogP contribution in [0.5, 0.6) is 0 Å². The third-order valence-electron chi connectivity index (χ3n) is 3.79. The number of unbranched alkanes of at least 4 members (excludes halogenated alkanes) is 4. The van der Waals surface area contributed by atoms with Gasteiger partial charge in [0.25, 0.3) is 0 Å². The number of nitrogens with zero attached hydrogens (tertiary/aromatic N) is 1. The van der Waals surface area contributed by atoms with E-state index in [1.165, 1.54) is 57.1 Å². The minimum Gasteiger partial charge on any atom is -0.367 e. The van der Waals surface area contributed by atoms with Crippen LogP contribution >= 0.6 is 0 Å². The maximum atomic E-state index is 3.65. The molecule has 100 valence electrons. The van der Waals surface area contributed by atoms with Gasteiger partial charge in [0, 0.05) is 18.4 Å². The largest absolute Gasteiger partial charge is 0.367 e. The van der Waals surface area contributed by atoms with Crippen LogP contribution < -0.4 is 5.32 Å². The van der Waals surface area contributed by atoms with Gasteiger partial charge in [-0.3, -0.25) is 0 Å². The Morgan fingerprint density at radius 2 is 1.59 bits per heavy atom. The molecule has 0 spiro atoms. The Morgan fingerprint density at radius 1 is 1.00 bits per heavy atom. The van der Waals surface area contributed by atoms with Crippen LogP contribution in [-0.4, -0.2) is 18.1 Å². The second kappa shape index (κ2) is 7.62. The number of hydrogen-bond donors (Lipinski definition) is 1. The van der Waals surface area contributed by atoms with Gasteiger partial charge in [0.15, 0.2) is 0 Å². The molecule has 1 heterocycles. The first-order valence-electron chi connectivity index (χ1n) is 7.42. The van der Waals surface area contributed by atoms with Crippen LogP contribution in [0.1, 0.15) is 72.1 Å². The third kappa shape index (κ3) is 4.25. The van der Waals surface area contributed by atoms with Crippen molar-refractivity contribution in [2.75, 3.05) is 7.05 Å². The summed E-state index contributed by atoms with van der Waals surface area (Å²) < 4.78 is 0. The van der Waals surface area contributed by atoms with Gasteiger partial charge in [-0.2, -0.15) is 0 Å². The van der Waals surface area contributed by atoms with Gasteiger partial charge in [0.1, 0.15) is 0 Å². The second-order valence-corrected chi connectivity index (χ2v) is 5.27. The van der Waals surface area contributed by atoms with Crippen LogP contribution in [0.25, 0.3) is 0 Å². The van der Waals surface area contributed by atoms with Gasteiger partial charge >= 0.3 is 0 Å². The summed E-state index contributed by atoms with van der Waals surface area (Å²) in [6, 6.07) is 0. The molecule has 0 aliphatic carbocycles. The highest BCUT2D eigenvalue weighted by Gasteiger charge is 2.23. The lowest BCUT2D eigenvalue weighted by Gasteiger charge is -2.21. The molecule has 1 atom stereocenters. The summed E-state index contributed by atoms with van der Waals surface area (Å²) in [5.74, 6) is 0. The Labute approximate surface area is 107 Å². The monoisotopic (exact) mass is 238 g/mol. The van der Waals surface area contributed by atoms with Gasteiger partial charge in [-0.1, -0.05) is 39.5 Å². The minimum atomic E-state index is 0.489. The number of nitrogens with one attached hydrogen (secondary N) is 1. The molecule has 1 aliphatic rings. The van der Waals surface area contributed by atoms with E-state index in [0.29, 0.717) is 6.17 Å². The number of allylic oxidation sites excluding steroid dienone is 2. The highest BCUT2D eigenvalue weighted by atomic mass is 15.3. The van der Waals surface area contributed by atoms with Crippen molar-refractivity contribution < 1.29 is 0 Å². The molecule has 2 heteroatoms. The fraction of sp³-hybridized carbons (Fsp3) is 0.867. The quantitative estimate of drug-likeness (QED) is 0.636. The summed E-state index contributed by atoms with van der Waals surface area (Å²) in [5.41, 5.74) is 3.09. The van der Waals surface area contributed by atoms with Crippen LogP contribution in [0, 0.1) is 0 Å². The first-order valence-corrected chi connectivity index (χ1v) is 7.42. The smallest absolute Gasteiger partial charge is 0.0953 e. The van der Waals surface area contributed by atoms with Gasteiger partial charge in [-0.05, 0) is 32.6 Å². The molecule has 17 heavy (non-hydrogen) atoms. The first kappa shape index (κ1) is 14.4. The fourth-order valence-electron chi connectivity index (χ4n) is 2.52. The molecular formula is C15H30N2. The summed E-state index contributed by atoms with van der Waals surface area (Å²) >= 11 is 0. The Bertz CT molecular complexity index is 245.